The van der Waals surface area contributed by atoms with Crippen molar-refractivity contribution in [2.24, 2.45) is 5.14 Å². The van der Waals surface area contributed by atoms with E-state index in [1.54, 1.807) is 36.4 Å². The van der Waals surface area contributed by atoms with E-state index >= 15 is 0 Å². The molecule has 32 heavy (non-hydrogen) atoms. The highest BCUT2D eigenvalue weighted by Crippen LogP contribution is 2.26. The molecule has 1 saturated carbocycles. The number of carbonyl (C=O) groups is 2. The molecule has 0 radical (unpaired) electrons. The summed E-state index contributed by atoms with van der Waals surface area (Å²) in [4.78, 5) is 28.1. The second kappa shape index (κ2) is 11.0. The fourth-order valence-corrected chi connectivity index (χ4v) is 5.44. The molecule has 0 aromatic heterocycles. The van der Waals surface area contributed by atoms with E-state index in [1.807, 2.05) is 24.1 Å². The zero-order valence-corrected chi connectivity index (χ0v) is 19.8. The maximum atomic E-state index is 12.8. The molecule has 0 saturated heterocycles. The molecule has 0 spiro atoms. The summed E-state index contributed by atoms with van der Waals surface area (Å²) in [6.45, 7) is 0. The van der Waals surface area contributed by atoms with E-state index in [2.05, 4.69) is 5.32 Å². The first-order valence-corrected chi connectivity index (χ1v) is 13.3. The molecular weight excluding hydrogens is 446 g/mol. The number of thioether (sulfide) groups is 1. The molecule has 1 fully saturated rings. The zero-order valence-electron chi connectivity index (χ0n) is 18.1. The summed E-state index contributed by atoms with van der Waals surface area (Å²) in [6.07, 6.45) is 5.69. The fourth-order valence-electron chi connectivity index (χ4n) is 3.81. The zero-order chi connectivity index (χ0) is 23.1. The standard InChI is InChI=1S/C23H29N3O4S2/c1-26(19-7-3-2-4-8-19)22(27)15-31-21-10-6-5-9-20(21)23(28)25-18-13-11-17(12-14-18)16-32(24,29)30/h5-6,9-14,19H,2-4,7-8,15-16H2,1H3,(H,25,28)(H2,24,29,30). The molecule has 2 aromatic carbocycles. The average molecular weight is 476 g/mol. The number of nitrogens with zero attached hydrogens (tertiary/aromatic N) is 1. The van der Waals surface area contributed by atoms with Crippen LogP contribution >= 0.6 is 11.8 Å². The van der Waals surface area contributed by atoms with Crippen LogP contribution in [0.4, 0.5) is 5.69 Å². The Balaban J connectivity index is 1.61. The van der Waals surface area contributed by atoms with Gasteiger partial charge in [-0.1, -0.05) is 43.5 Å². The van der Waals surface area contributed by atoms with Crippen LogP contribution in [0.5, 0.6) is 0 Å². The van der Waals surface area contributed by atoms with Gasteiger partial charge in [0, 0.05) is 23.7 Å². The Hall–Kier alpha value is -2.36. The second-order valence-electron chi connectivity index (χ2n) is 8.04. The van der Waals surface area contributed by atoms with Crippen molar-refractivity contribution in [3.63, 3.8) is 0 Å². The van der Waals surface area contributed by atoms with Crippen LogP contribution in [-0.2, 0) is 20.6 Å². The van der Waals surface area contributed by atoms with Crippen molar-refractivity contribution in [1.82, 2.24) is 4.90 Å². The number of nitrogens with one attached hydrogen (secondary N) is 1. The Morgan fingerprint density at radius 3 is 2.38 bits per heavy atom. The van der Waals surface area contributed by atoms with Crippen molar-refractivity contribution < 1.29 is 18.0 Å². The van der Waals surface area contributed by atoms with Crippen molar-refractivity contribution in [3.8, 4) is 0 Å². The predicted octanol–water partition coefficient (Wildman–Crippen LogP) is 3.61. The molecular formula is C23H29N3O4S2. The van der Waals surface area contributed by atoms with Gasteiger partial charge in [-0.3, -0.25) is 9.59 Å². The molecule has 1 aliphatic rings. The van der Waals surface area contributed by atoms with E-state index in [0.717, 1.165) is 17.7 Å². The van der Waals surface area contributed by atoms with Gasteiger partial charge in [-0.25, -0.2) is 13.6 Å². The predicted molar refractivity (Wildman–Crippen MR) is 128 cm³/mol. The first-order chi connectivity index (χ1) is 15.2. The van der Waals surface area contributed by atoms with E-state index in [-0.39, 0.29) is 23.3 Å². The lowest BCUT2D eigenvalue weighted by Crippen LogP contribution is -2.39. The topological polar surface area (TPSA) is 110 Å². The monoisotopic (exact) mass is 475 g/mol. The van der Waals surface area contributed by atoms with Crippen molar-refractivity contribution in [1.29, 1.82) is 0 Å². The molecule has 172 valence electrons. The lowest BCUT2D eigenvalue weighted by molar-refractivity contribution is -0.129. The summed E-state index contributed by atoms with van der Waals surface area (Å²) in [5.74, 6) is -0.202. The van der Waals surface area contributed by atoms with Crippen molar-refractivity contribution in [2.75, 3.05) is 18.1 Å². The quantitative estimate of drug-likeness (QED) is 0.567. The summed E-state index contributed by atoms with van der Waals surface area (Å²) >= 11 is 1.36. The Kier molecular flexibility index (Phi) is 8.33. The number of hydrogen-bond donors (Lipinski definition) is 2. The van der Waals surface area contributed by atoms with Crippen LogP contribution in [0.15, 0.2) is 53.4 Å². The fraction of sp³-hybridized carbons (Fsp3) is 0.391. The third-order valence-corrected chi connectivity index (χ3v) is 7.37. The Bertz CT molecular complexity index is 1050. The van der Waals surface area contributed by atoms with Crippen molar-refractivity contribution in [3.05, 3.63) is 59.7 Å². The van der Waals surface area contributed by atoms with Gasteiger partial charge >= 0.3 is 0 Å². The van der Waals surface area contributed by atoms with Gasteiger partial charge in [0.1, 0.15) is 0 Å². The molecule has 0 unspecified atom stereocenters. The summed E-state index contributed by atoms with van der Waals surface area (Å²) in [7, 11) is -1.74. The van der Waals surface area contributed by atoms with Crippen molar-refractivity contribution >= 4 is 39.3 Å². The first kappa shape index (κ1) is 24.3. The number of anilines is 1. The van der Waals surface area contributed by atoms with Crippen LogP contribution in [0, 0.1) is 0 Å². The minimum atomic E-state index is -3.61. The van der Waals surface area contributed by atoms with Crippen LogP contribution in [0.2, 0.25) is 0 Å². The minimum absolute atomic E-state index is 0.0718. The molecule has 7 nitrogen and oxygen atoms in total. The smallest absolute Gasteiger partial charge is 0.256 e. The number of nitrogens with two attached hydrogens (primary N) is 1. The largest absolute Gasteiger partial charge is 0.342 e. The maximum Gasteiger partial charge on any atom is 0.256 e. The number of benzene rings is 2. The summed E-state index contributed by atoms with van der Waals surface area (Å²) in [5.41, 5.74) is 1.57. The molecule has 0 aliphatic heterocycles. The van der Waals surface area contributed by atoms with Crippen LogP contribution in [0.3, 0.4) is 0 Å². The highest BCUT2D eigenvalue weighted by molar-refractivity contribution is 8.00. The molecule has 2 amide bonds. The SMILES string of the molecule is CN(C(=O)CSc1ccccc1C(=O)Nc1ccc(CS(N)(=O)=O)cc1)C1CCCCC1. The second-order valence-corrected chi connectivity index (χ2v) is 10.7. The molecule has 0 heterocycles. The van der Waals surface area contributed by atoms with Gasteiger partial charge in [0.05, 0.1) is 17.1 Å². The number of primary sulfonamides is 1. The van der Waals surface area contributed by atoms with E-state index in [9.17, 15) is 18.0 Å². The molecule has 1 aliphatic carbocycles. The van der Waals surface area contributed by atoms with E-state index in [1.165, 1.54) is 31.0 Å². The van der Waals surface area contributed by atoms with Gasteiger partial charge in [-0.05, 0) is 42.7 Å². The molecule has 2 aromatic rings. The van der Waals surface area contributed by atoms with E-state index < -0.39 is 10.0 Å². The van der Waals surface area contributed by atoms with Gasteiger partial charge in [-0.2, -0.15) is 0 Å². The lowest BCUT2D eigenvalue weighted by atomic mass is 9.94. The minimum Gasteiger partial charge on any atom is -0.342 e. The van der Waals surface area contributed by atoms with Crippen LogP contribution in [0.25, 0.3) is 0 Å². The highest BCUT2D eigenvalue weighted by atomic mass is 32.2. The van der Waals surface area contributed by atoms with Crippen LogP contribution in [-0.4, -0.2) is 44.0 Å². The van der Waals surface area contributed by atoms with Gasteiger partial charge in [0.25, 0.3) is 5.91 Å². The summed E-state index contributed by atoms with van der Waals surface area (Å²) < 4.78 is 22.4. The van der Waals surface area contributed by atoms with Gasteiger partial charge < -0.3 is 10.2 Å². The molecule has 3 N–H and O–H groups in total. The Morgan fingerprint density at radius 1 is 1.06 bits per heavy atom. The normalized spacial score (nSPS) is 14.7. The first-order valence-electron chi connectivity index (χ1n) is 10.6. The molecule has 3 rings (SSSR count). The van der Waals surface area contributed by atoms with Crippen LogP contribution in [0.1, 0.15) is 48.0 Å². The summed E-state index contributed by atoms with van der Waals surface area (Å²) in [6, 6.07) is 14.0. The Morgan fingerprint density at radius 2 is 1.72 bits per heavy atom. The highest BCUT2D eigenvalue weighted by Gasteiger charge is 2.22. The third-order valence-electron chi connectivity index (χ3n) is 5.58. The number of rotatable bonds is 8. The molecule has 0 bridgehead atoms. The summed E-state index contributed by atoms with van der Waals surface area (Å²) in [5, 5.41) is 7.89. The maximum absolute atomic E-state index is 12.8. The van der Waals surface area contributed by atoms with E-state index in [4.69, 9.17) is 5.14 Å². The average Bonchev–Trinajstić information content (AvgIpc) is 2.78. The molecule has 0 atom stereocenters. The van der Waals surface area contributed by atoms with Gasteiger partial charge in [0.2, 0.25) is 15.9 Å². The van der Waals surface area contributed by atoms with Gasteiger partial charge in [-0.15, -0.1) is 11.8 Å². The van der Waals surface area contributed by atoms with Crippen molar-refractivity contribution in [2.45, 2.75) is 48.8 Å². The Labute approximate surface area is 193 Å². The number of amides is 2. The number of sulfonamides is 1. The van der Waals surface area contributed by atoms with Crippen LogP contribution < -0.4 is 10.5 Å². The number of carbonyl (C=O) groups excluding carboxylic acids is 2. The lowest BCUT2D eigenvalue weighted by Gasteiger charge is -2.31. The molecule has 9 heteroatoms. The third kappa shape index (κ3) is 7.08. The number of hydrogen-bond acceptors (Lipinski definition) is 5. The van der Waals surface area contributed by atoms with Gasteiger partial charge in [0.15, 0.2) is 0 Å². The van der Waals surface area contributed by atoms with E-state index in [0.29, 0.717) is 22.9 Å².